The van der Waals surface area contributed by atoms with E-state index in [9.17, 15) is 14.4 Å². The van der Waals surface area contributed by atoms with Gasteiger partial charge in [0.15, 0.2) is 0 Å². The van der Waals surface area contributed by atoms with Gasteiger partial charge >= 0.3 is 12.0 Å². The van der Waals surface area contributed by atoms with Crippen molar-refractivity contribution in [3.63, 3.8) is 0 Å². The molecule has 0 aliphatic carbocycles. The first-order valence-electron chi connectivity index (χ1n) is 5.79. The minimum absolute atomic E-state index is 0.0130. The van der Waals surface area contributed by atoms with Crippen LogP contribution in [0.2, 0.25) is 5.02 Å². The molecule has 0 spiro atoms. The van der Waals surface area contributed by atoms with E-state index in [4.69, 9.17) is 16.7 Å². The van der Waals surface area contributed by atoms with Crippen LogP contribution < -0.4 is 16.0 Å². The van der Waals surface area contributed by atoms with Gasteiger partial charge in [0, 0.05) is 6.54 Å². The highest BCUT2D eigenvalue weighted by atomic mass is 35.5. The van der Waals surface area contributed by atoms with Crippen molar-refractivity contribution in [3.8, 4) is 0 Å². The molecule has 4 N–H and O–H groups in total. The molecule has 0 atom stereocenters. The maximum Gasteiger partial charge on any atom is 0.339 e. The van der Waals surface area contributed by atoms with Gasteiger partial charge in [-0.05, 0) is 19.1 Å². The minimum atomic E-state index is -1.25. The van der Waals surface area contributed by atoms with Gasteiger partial charge in [-0.3, -0.25) is 4.79 Å². The number of aromatic carboxylic acids is 1. The molecule has 1 rings (SSSR count). The normalized spacial score (nSPS) is 9.70. The fraction of sp³-hybridized carbons (Fsp3) is 0.250. The highest BCUT2D eigenvalue weighted by Crippen LogP contribution is 2.24. The van der Waals surface area contributed by atoms with Crippen LogP contribution in [0.1, 0.15) is 17.3 Å². The number of amides is 3. The smallest absolute Gasteiger partial charge is 0.339 e. The number of halogens is 1. The number of nitrogens with one attached hydrogen (secondary N) is 3. The zero-order valence-corrected chi connectivity index (χ0v) is 11.5. The molecule has 0 saturated carbocycles. The Bertz CT molecular complexity index is 533. The second-order valence-electron chi connectivity index (χ2n) is 3.73. The van der Waals surface area contributed by atoms with Crippen LogP contribution >= 0.6 is 11.6 Å². The highest BCUT2D eigenvalue weighted by molar-refractivity contribution is 6.34. The molecule has 0 unspecified atom stereocenters. The maximum atomic E-state index is 11.6. The number of likely N-dealkylation sites (N-methyl/N-ethyl adjacent to an activating group) is 1. The van der Waals surface area contributed by atoms with Crippen LogP contribution in [0.25, 0.3) is 0 Å². The summed E-state index contributed by atoms with van der Waals surface area (Å²) in [5.41, 5.74) is -0.152. The van der Waals surface area contributed by atoms with Crippen LogP contribution in [0.3, 0.4) is 0 Å². The molecule has 20 heavy (non-hydrogen) atoms. The van der Waals surface area contributed by atoms with E-state index < -0.39 is 12.0 Å². The number of benzene rings is 1. The van der Waals surface area contributed by atoms with Crippen molar-refractivity contribution in [3.05, 3.63) is 28.8 Å². The van der Waals surface area contributed by atoms with Gasteiger partial charge in [0.05, 0.1) is 17.3 Å². The molecule has 1 aromatic rings. The Labute approximate surface area is 120 Å². The van der Waals surface area contributed by atoms with Crippen molar-refractivity contribution in [1.82, 2.24) is 10.6 Å². The second-order valence-corrected chi connectivity index (χ2v) is 4.14. The van der Waals surface area contributed by atoms with Crippen LogP contribution in [0.15, 0.2) is 18.2 Å². The van der Waals surface area contributed by atoms with Gasteiger partial charge in [0.2, 0.25) is 5.91 Å². The molecular formula is C12H14ClN3O4. The summed E-state index contributed by atoms with van der Waals surface area (Å²) in [5.74, 6) is -1.60. The van der Waals surface area contributed by atoms with E-state index >= 15 is 0 Å². The van der Waals surface area contributed by atoms with E-state index in [1.807, 2.05) is 0 Å². The van der Waals surface area contributed by atoms with Crippen LogP contribution in [0.5, 0.6) is 0 Å². The maximum absolute atomic E-state index is 11.6. The number of carbonyl (C=O) groups excluding carboxylic acids is 2. The third-order valence-corrected chi connectivity index (χ3v) is 2.57. The molecule has 3 amide bonds. The number of urea groups is 1. The number of anilines is 1. The molecule has 0 heterocycles. The van der Waals surface area contributed by atoms with Crippen LogP contribution in [-0.2, 0) is 4.79 Å². The summed E-state index contributed by atoms with van der Waals surface area (Å²) >= 11 is 5.76. The zero-order chi connectivity index (χ0) is 15.1. The van der Waals surface area contributed by atoms with E-state index in [1.165, 1.54) is 18.2 Å². The van der Waals surface area contributed by atoms with Crippen molar-refractivity contribution in [2.45, 2.75) is 6.92 Å². The Morgan fingerprint density at radius 3 is 2.55 bits per heavy atom. The summed E-state index contributed by atoms with van der Waals surface area (Å²) in [4.78, 5) is 33.8. The molecule has 0 aliphatic heterocycles. The molecule has 108 valence electrons. The quantitative estimate of drug-likeness (QED) is 0.657. The molecule has 0 radical (unpaired) electrons. The topological polar surface area (TPSA) is 108 Å². The number of carbonyl (C=O) groups is 3. The third-order valence-electron chi connectivity index (χ3n) is 2.26. The Morgan fingerprint density at radius 2 is 1.95 bits per heavy atom. The lowest BCUT2D eigenvalue weighted by atomic mass is 10.2. The fourth-order valence-corrected chi connectivity index (χ4v) is 1.69. The number of carboxylic acid groups (broad SMARTS) is 1. The summed E-state index contributed by atoms with van der Waals surface area (Å²) in [6, 6.07) is 3.62. The minimum Gasteiger partial charge on any atom is -0.478 e. The Balaban J connectivity index is 2.69. The lowest BCUT2D eigenvalue weighted by molar-refractivity contribution is -0.119. The van der Waals surface area contributed by atoms with Crippen LogP contribution in [-0.4, -0.2) is 36.1 Å². The molecule has 0 aromatic heterocycles. The second kappa shape index (κ2) is 7.34. The summed E-state index contributed by atoms with van der Waals surface area (Å²) < 4.78 is 0. The van der Waals surface area contributed by atoms with Crippen molar-refractivity contribution in [2.24, 2.45) is 0 Å². The Morgan fingerprint density at radius 1 is 1.25 bits per heavy atom. The zero-order valence-electron chi connectivity index (χ0n) is 10.7. The van der Waals surface area contributed by atoms with Crippen molar-refractivity contribution >= 4 is 35.2 Å². The summed E-state index contributed by atoms with van der Waals surface area (Å²) in [6.45, 7) is 2.01. The largest absolute Gasteiger partial charge is 0.478 e. The number of rotatable bonds is 5. The molecule has 0 saturated heterocycles. The number of carboxylic acids is 1. The average molecular weight is 300 g/mol. The fourth-order valence-electron chi connectivity index (χ4n) is 1.43. The average Bonchev–Trinajstić information content (AvgIpc) is 2.36. The van der Waals surface area contributed by atoms with Gasteiger partial charge in [0.1, 0.15) is 5.56 Å². The van der Waals surface area contributed by atoms with E-state index in [-0.39, 0.29) is 28.7 Å². The number of hydrogen-bond acceptors (Lipinski definition) is 3. The monoisotopic (exact) mass is 299 g/mol. The molecule has 0 bridgehead atoms. The number of hydrogen-bond donors (Lipinski definition) is 4. The lowest BCUT2D eigenvalue weighted by Crippen LogP contribution is -2.39. The first kappa shape index (κ1) is 15.8. The van der Waals surface area contributed by atoms with Crippen LogP contribution in [0, 0.1) is 0 Å². The Kier molecular flexibility index (Phi) is 5.79. The van der Waals surface area contributed by atoms with E-state index in [1.54, 1.807) is 6.92 Å². The summed E-state index contributed by atoms with van der Waals surface area (Å²) in [6.07, 6.45) is 0. The van der Waals surface area contributed by atoms with Crippen molar-refractivity contribution < 1.29 is 19.5 Å². The molecule has 0 aliphatic rings. The van der Waals surface area contributed by atoms with Gasteiger partial charge in [0.25, 0.3) is 0 Å². The molecule has 7 nitrogen and oxygen atoms in total. The molecular weight excluding hydrogens is 286 g/mol. The van der Waals surface area contributed by atoms with Gasteiger partial charge in [-0.2, -0.15) is 0 Å². The molecule has 8 heteroatoms. The standard InChI is InChI=1S/C12H14ClN3O4/c1-2-14-9(17)6-15-12(20)16-8-5-3-4-7(13)10(8)11(18)19/h3-5H,2,6H2,1H3,(H,14,17)(H,18,19)(H2,15,16,20). The first-order chi connectivity index (χ1) is 9.45. The van der Waals surface area contributed by atoms with Crippen molar-refractivity contribution in [1.29, 1.82) is 0 Å². The van der Waals surface area contributed by atoms with E-state index in [0.717, 1.165) is 0 Å². The van der Waals surface area contributed by atoms with Crippen LogP contribution in [0.4, 0.5) is 10.5 Å². The van der Waals surface area contributed by atoms with Gasteiger partial charge in [-0.25, -0.2) is 9.59 Å². The molecule has 1 aromatic carbocycles. The highest BCUT2D eigenvalue weighted by Gasteiger charge is 2.16. The third kappa shape index (κ3) is 4.43. The first-order valence-corrected chi connectivity index (χ1v) is 6.16. The predicted molar refractivity (Wildman–Crippen MR) is 74.1 cm³/mol. The summed E-state index contributed by atoms with van der Waals surface area (Å²) in [5, 5.41) is 16.2. The van der Waals surface area contributed by atoms with E-state index in [2.05, 4.69) is 16.0 Å². The van der Waals surface area contributed by atoms with Gasteiger partial charge in [-0.1, -0.05) is 17.7 Å². The summed E-state index contributed by atoms with van der Waals surface area (Å²) in [7, 11) is 0. The molecule has 0 fully saturated rings. The Hall–Kier alpha value is -2.28. The van der Waals surface area contributed by atoms with Gasteiger partial charge in [-0.15, -0.1) is 0 Å². The lowest BCUT2D eigenvalue weighted by Gasteiger charge is -2.10. The van der Waals surface area contributed by atoms with Gasteiger partial charge < -0.3 is 21.1 Å². The SMILES string of the molecule is CCNC(=O)CNC(=O)Nc1cccc(Cl)c1C(=O)O. The predicted octanol–water partition coefficient (Wildman–Crippen LogP) is 1.30. The van der Waals surface area contributed by atoms with Crippen molar-refractivity contribution in [2.75, 3.05) is 18.4 Å². The van der Waals surface area contributed by atoms with E-state index in [0.29, 0.717) is 6.54 Å².